The summed E-state index contributed by atoms with van der Waals surface area (Å²) in [5.41, 5.74) is 1.15. The molecule has 0 fully saturated rings. The number of nitrogens with zero attached hydrogens (tertiary/aromatic N) is 1. The Labute approximate surface area is 108 Å². The third-order valence-corrected chi connectivity index (χ3v) is 3.75. The highest BCUT2D eigenvalue weighted by atomic mass is 32.1. The molecule has 0 amide bonds. The fourth-order valence-corrected chi connectivity index (χ4v) is 2.61. The minimum Gasteiger partial charge on any atom is -0.481 e. The zero-order chi connectivity index (χ0) is 13.3. The molecule has 0 saturated carbocycles. The maximum Gasteiger partial charge on any atom is 0.309 e. The standard InChI is InChI=1S/C13H13NO3S/c1-8-3-6-11(18-8)13(17)10-5-4-9(14(10)2)7-12(15)16/h3-6H,7H2,1-2H3,(H,15,16). The SMILES string of the molecule is Cc1ccc(C(=O)c2ccc(CC(=O)O)n2C)s1. The summed E-state index contributed by atoms with van der Waals surface area (Å²) in [4.78, 5) is 24.7. The van der Waals surface area contributed by atoms with Crippen LogP contribution in [-0.4, -0.2) is 21.4 Å². The number of hydrogen-bond acceptors (Lipinski definition) is 3. The van der Waals surface area contributed by atoms with Crippen molar-refractivity contribution in [3.8, 4) is 0 Å². The zero-order valence-electron chi connectivity index (χ0n) is 10.1. The lowest BCUT2D eigenvalue weighted by Gasteiger charge is -2.04. The fraction of sp³-hybridized carbons (Fsp3) is 0.231. The van der Waals surface area contributed by atoms with Crippen LogP contribution in [0, 0.1) is 6.92 Å². The van der Waals surface area contributed by atoms with E-state index < -0.39 is 5.97 Å². The molecule has 94 valence electrons. The maximum absolute atomic E-state index is 12.2. The van der Waals surface area contributed by atoms with E-state index in [2.05, 4.69) is 0 Å². The number of aromatic nitrogens is 1. The van der Waals surface area contributed by atoms with Crippen molar-refractivity contribution in [1.29, 1.82) is 0 Å². The lowest BCUT2D eigenvalue weighted by molar-refractivity contribution is -0.136. The first-order chi connectivity index (χ1) is 8.49. The normalized spacial score (nSPS) is 10.6. The van der Waals surface area contributed by atoms with Gasteiger partial charge in [0, 0.05) is 17.6 Å². The van der Waals surface area contributed by atoms with Crippen LogP contribution >= 0.6 is 11.3 Å². The van der Waals surface area contributed by atoms with E-state index in [1.165, 1.54) is 11.3 Å². The van der Waals surface area contributed by atoms with E-state index in [0.29, 0.717) is 16.3 Å². The van der Waals surface area contributed by atoms with Crippen molar-refractivity contribution >= 4 is 23.1 Å². The van der Waals surface area contributed by atoms with Crippen LogP contribution in [0.3, 0.4) is 0 Å². The van der Waals surface area contributed by atoms with Gasteiger partial charge in [0.2, 0.25) is 5.78 Å². The molecule has 0 aliphatic rings. The molecule has 0 saturated heterocycles. The Bertz CT molecular complexity index is 610. The summed E-state index contributed by atoms with van der Waals surface area (Å²) < 4.78 is 1.64. The quantitative estimate of drug-likeness (QED) is 0.861. The predicted octanol–water partition coefficient (Wildman–Crippen LogP) is 2.25. The van der Waals surface area contributed by atoms with Gasteiger partial charge in [-0.3, -0.25) is 9.59 Å². The van der Waals surface area contributed by atoms with Gasteiger partial charge in [0.15, 0.2) is 0 Å². The molecule has 5 heteroatoms. The highest BCUT2D eigenvalue weighted by molar-refractivity contribution is 7.14. The minimum absolute atomic E-state index is 0.0627. The van der Waals surface area contributed by atoms with Gasteiger partial charge in [-0.2, -0.15) is 0 Å². The number of rotatable bonds is 4. The van der Waals surface area contributed by atoms with Crippen LogP contribution in [0.15, 0.2) is 24.3 Å². The number of carbonyl (C=O) groups is 2. The molecule has 0 aromatic carbocycles. The lowest BCUT2D eigenvalue weighted by Crippen LogP contribution is -2.10. The van der Waals surface area contributed by atoms with Gasteiger partial charge in [0.05, 0.1) is 17.0 Å². The molecular formula is C13H13NO3S. The lowest BCUT2D eigenvalue weighted by atomic mass is 10.2. The van der Waals surface area contributed by atoms with Crippen molar-refractivity contribution in [2.75, 3.05) is 0 Å². The van der Waals surface area contributed by atoms with E-state index in [9.17, 15) is 9.59 Å². The average Bonchev–Trinajstić information content (AvgIpc) is 2.86. The van der Waals surface area contributed by atoms with Crippen LogP contribution in [0.25, 0.3) is 0 Å². The van der Waals surface area contributed by atoms with Gasteiger partial charge in [-0.1, -0.05) is 0 Å². The third-order valence-electron chi connectivity index (χ3n) is 2.75. The van der Waals surface area contributed by atoms with Crippen molar-refractivity contribution in [1.82, 2.24) is 4.57 Å². The summed E-state index contributed by atoms with van der Waals surface area (Å²) in [6, 6.07) is 7.06. The first-order valence-electron chi connectivity index (χ1n) is 5.46. The molecule has 2 aromatic rings. The van der Waals surface area contributed by atoms with Crippen molar-refractivity contribution in [2.45, 2.75) is 13.3 Å². The summed E-state index contributed by atoms with van der Waals surface area (Å²) in [5, 5.41) is 8.76. The third kappa shape index (κ3) is 2.36. The number of aliphatic carboxylic acids is 1. The van der Waals surface area contributed by atoms with E-state index in [1.807, 2.05) is 13.0 Å². The molecule has 0 unspecified atom stereocenters. The summed E-state index contributed by atoms with van der Waals surface area (Å²) in [5.74, 6) is -0.964. The Morgan fingerprint density at radius 3 is 2.56 bits per heavy atom. The van der Waals surface area contributed by atoms with Crippen molar-refractivity contribution in [3.05, 3.63) is 45.4 Å². The number of thiophene rings is 1. The topological polar surface area (TPSA) is 59.3 Å². The number of carbonyl (C=O) groups excluding carboxylic acids is 1. The maximum atomic E-state index is 12.2. The van der Waals surface area contributed by atoms with Crippen LogP contribution in [0.4, 0.5) is 0 Å². The van der Waals surface area contributed by atoms with Crippen LogP contribution in [0.1, 0.15) is 25.9 Å². The van der Waals surface area contributed by atoms with Crippen molar-refractivity contribution < 1.29 is 14.7 Å². The molecule has 2 heterocycles. The average molecular weight is 263 g/mol. The van der Waals surface area contributed by atoms with Gasteiger partial charge < -0.3 is 9.67 Å². The first-order valence-corrected chi connectivity index (χ1v) is 6.28. The molecule has 2 rings (SSSR count). The molecule has 0 spiro atoms. The molecule has 0 aliphatic carbocycles. The molecule has 0 aliphatic heterocycles. The molecule has 0 atom stereocenters. The van der Waals surface area contributed by atoms with E-state index in [-0.39, 0.29) is 12.2 Å². The number of carboxylic acid groups (broad SMARTS) is 1. The minimum atomic E-state index is -0.901. The van der Waals surface area contributed by atoms with E-state index in [1.54, 1.807) is 29.8 Å². The monoisotopic (exact) mass is 263 g/mol. The molecule has 1 N–H and O–H groups in total. The smallest absolute Gasteiger partial charge is 0.309 e. The summed E-state index contributed by atoms with van der Waals surface area (Å²) in [6.07, 6.45) is -0.0761. The molecular weight excluding hydrogens is 250 g/mol. The molecule has 0 bridgehead atoms. The first kappa shape index (κ1) is 12.6. The van der Waals surface area contributed by atoms with E-state index in [0.717, 1.165) is 4.88 Å². The second-order valence-electron chi connectivity index (χ2n) is 4.08. The van der Waals surface area contributed by atoms with E-state index in [4.69, 9.17) is 5.11 Å². The van der Waals surface area contributed by atoms with Gasteiger partial charge in [-0.25, -0.2) is 0 Å². The van der Waals surface area contributed by atoms with Gasteiger partial charge in [-0.15, -0.1) is 11.3 Å². The Morgan fingerprint density at radius 1 is 1.28 bits per heavy atom. The largest absolute Gasteiger partial charge is 0.481 e. The second-order valence-corrected chi connectivity index (χ2v) is 5.37. The molecule has 0 radical (unpaired) electrons. The van der Waals surface area contributed by atoms with Crippen LogP contribution < -0.4 is 0 Å². The number of ketones is 1. The number of carboxylic acids is 1. The Balaban J connectivity index is 2.32. The Kier molecular flexibility index (Phi) is 3.34. The summed E-state index contributed by atoms with van der Waals surface area (Å²) in [7, 11) is 1.71. The van der Waals surface area contributed by atoms with Crippen LogP contribution in [0.5, 0.6) is 0 Å². The molecule has 18 heavy (non-hydrogen) atoms. The predicted molar refractivity (Wildman–Crippen MR) is 69.2 cm³/mol. The zero-order valence-corrected chi connectivity index (χ0v) is 11.0. The van der Waals surface area contributed by atoms with E-state index >= 15 is 0 Å². The molecule has 2 aromatic heterocycles. The summed E-state index contributed by atoms with van der Waals surface area (Å²) >= 11 is 1.44. The number of hydrogen-bond donors (Lipinski definition) is 1. The Hall–Kier alpha value is -1.88. The van der Waals surface area contributed by atoms with Crippen LogP contribution in [-0.2, 0) is 18.3 Å². The highest BCUT2D eigenvalue weighted by Gasteiger charge is 2.17. The van der Waals surface area contributed by atoms with Crippen LogP contribution in [0.2, 0.25) is 0 Å². The van der Waals surface area contributed by atoms with Gasteiger partial charge in [0.1, 0.15) is 0 Å². The van der Waals surface area contributed by atoms with Gasteiger partial charge in [-0.05, 0) is 31.2 Å². The van der Waals surface area contributed by atoms with Gasteiger partial charge >= 0.3 is 5.97 Å². The second kappa shape index (κ2) is 4.78. The van der Waals surface area contributed by atoms with Crippen molar-refractivity contribution in [3.63, 3.8) is 0 Å². The number of aryl methyl sites for hydroxylation is 1. The highest BCUT2D eigenvalue weighted by Crippen LogP contribution is 2.20. The Morgan fingerprint density at radius 2 is 2.00 bits per heavy atom. The fourth-order valence-electron chi connectivity index (χ4n) is 1.80. The summed E-state index contributed by atoms with van der Waals surface area (Å²) in [6.45, 7) is 1.95. The van der Waals surface area contributed by atoms with Crippen molar-refractivity contribution in [2.24, 2.45) is 7.05 Å². The molecule has 4 nitrogen and oxygen atoms in total. The van der Waals surface area contributed by atoms with Gasteiger partial charge in [0.25, 0.3) is 0 Å².